The van der Waals surface area contributed by atoms with Crippen molar-refractivity contribution in [3.63, 3.8) is 0 Å². The summed E-state index contributed by atoms with van der Waals surface area (Å²) in [6.07, 6.45) is 0.284. The number of fused-ring (bicyclic) bond motifs is 2. The van der Waals surface area contributed by atoms with Crippen LogP contribution in [0.15, 0.2) is 36.4 Å². The highest BCUT2D eigenvalue weighted by molar-refractivity contribution is 6.31. The molecule has 4 amide bonds. The fourth-order valence-electron chi connectivity index (χ4n) is 5.57. The van der Waals surface area contributed by atoms with Crippen molar-refractivity contribution in [1.29, 1.82) is 0 Å². The van der Waals surface area contributed by atoms with Gasteiger partial charge >= 0.3 is 12.2 Å². The van der Waals surface area contributed by atoms with Gasteiger partial charge in [0.1, 0.15) is 6.04 Å². The van der Waals surface area contributed by atoms with Crippen molar-refractivity contribution in [3.05, 3.63) is 58.4 Å². The van der Waals surface area contributed by atoms with Gasteiger partial charge in [0, 0.05) is 30.8 Å². The number of carbonyl (C=O) groups is 4. The molecule has 0 bridgehead atoms. The van der Waals surface area contributed by atoms with E-state index in [2.05, 4.69) is 16.0 Å². The first kappa shape index (κ1) is 27.7. The van der Waals surface area contributed by atoms with Crippen LogP contribution in [0.25, 0.3) is 0 Å². The fourth-order valence-corrected chi connectivity index (χ4v) is 5.72. The summed E-state index contributed by atoms with van der Waals surface area (Å²) in [7, 11) is 0. The van der Waals surface area contributed by atoms with Crippen LogP contribution in [0.3, 0.4) is 0 Å². The van der Waals surface area contributed by atoms with Crippen molar-refractivity contribution < 1.29 is 38.1 Å². The summed E-state index contributed by atoms with van der Waals surface area (Å²) < 4.78 is 26.7. The van der Waals surface area contributed by atoms with Gasteiger partial charge in [0.05, 0.1) is 28.9 Å². The number of likely N-dealkylation sites (tertiary alicyclic amines) is 1. The maximum absolute atomic E-state index is 15.3. The van der Waals surface area contributed by atoms with Gasteiger partial charge in [-0.1, -0.05) is 11.6 Å². The van der Waals surface area contributed by atoms with Crippen LogP contribution in [0.4, 0.5) is 25.4 Å². The molecule has 212 valence electrons. The molecule has 5 rings (SSSR count). The molecular weight excluding hydrogens is 547 g/mol. The first-order valence-corrected chi connectivity index (χ1v) is 13.3. The zero-order valence-electron chi connectivity index (χ0n) is 21.4. The zero-order valence-corrected chi connectivity index (χ0v) is 22.1. The number of benzene rings is 2. The molecule has 4 N–H and O–H groups in total. The molecule has 0 aromatic heterocycles. The van der Waals surface area contributed by atoms with E-state index in [1.165, 1.54) is 41.3 Å². The van der Waals surface area contributed by atoms with Gasteiger partial charge in [0.2, 0.25) is 5.91 Å². The fraction of sp³-hybridized carbons (Fsp3) is 0.407. The average molecular weight is 575 g/mol. The number of carboxylic acid groups (broad SMARTS) is 1. The Balaban J connectivity index is 1.38. The van der Waals surface area contributed by atoms with Gasteiger partial charge < -0.3 is 24.8 Å². The van der Waals surface area contributed by atoms with Crippen molar-refractivity contribution in [2.45, 2.75) is 49.9 Å². The lowest BCUT2D eigenvalue weighted by atomic mass is 9.82. The molecule has 1 spiro atoms. The number of amides is 4. The molecule has 2 aromatic rings. The number of hydrogen-bond donors (Lipinski definition) is 4. The molecule has 1 unspecified atom stereocenters. The molecule has 2 fully saturated rings. The number of carbonyl (C=O) groups excluding carboxylic acids is 3. The van der Waals surface area contributed by atoms with Crippen LogP contribution < -0.4 is 16.0 Å². The van der Waals surface area contributed by atoms with E-state index >= 15 is 4.39 Å². The Kier molecular flexibility index (Phi) is 7.81. The van der Waals surface area contributed by atoms with Crippen LogP contribution in [0.1, 0.15) is 48.0 Å². The summed E-state index contributed by atoms with van der Waals surface area (Å²) in [5.74, 6) is -1.66. The van der Waals surface area contributed by atoms with E-state index < -0.39 is 41.5 Å². The minimum absolute atomic E-state index is 0.0897. The van der Waals surface area contributed by atoms with Gasteiger partial charge in [0.25, 0.3) is 5.91 Å². The number of nitrogens with zero attached hydrogens (tertiary/aromatic N) is 1. The molecule has 0 saturated carbocycles. The predicted octanol–water partition coefficient (Wildman–Crippen LogP) is 4.32. The summed E-state index contributed by atoms with van der Waals surface area (Å²) in [6, 6.07) is 7.65. The monoisotopic (exact) mass is 574 g/mol. The zero-order chi connectivity index (χ0) is 28.4. The minimum atomic E-state index is -1.44. The number of ether oxygens (including phenoxy) is 2. The summed E-state index contributed by atoms with van der Waals surface area (Å²) in [4.78, 5) is 51.8. The highest BCUT2D eigenvalue weighted by Crippen LogP contribution is 2.45. The van der Waals surface area contributed by atoms with Crippen LogP contribution >= 0.6 is 11.6 Å². The molecule has 2 aromatic carbocycles. The van der Waals surface area contributed by atoms with Gasteiger partial charge in [-0.3, -0.25) is 20.2 Å². The molecule has 3 aliphatic rings. The van der Waals surface area contributed by atoms with E-state index in [-0.39, 0.29) is 47.3 Å². The summed E-state index contributed by atoms with van der Waals surface area (Å²) >= 11 is 6.06. The molecule has 2 saturated heterocycles. The molecule has 40 heavy (non-hydrogen) atoms. The average Bonchev–Trinajstić information content (AvgIpc) is 3.43. The number of nitrogens with one attached hydrogen (secondary N) is 3. The smallest absolute Gasteiger partial charge is 0.412 e. The van der Waals surface area contributed by atoms with Crippen molar-refractivity contribution in [3.8, 4) is 0 Å². The van der Waals surface area contributed by atoms with Crippen LogP contribution in [0.5, 0.6) is 0 Å². The summed E-state index contributed by atoms with van der Waals surface area (Å²) in [5.41, 5.74) is -0.594. The van der Waals surface area contributed by atoms with Crippen molar-refractivity contribution in [1.82, 2.24) is 10.2 Å². The molecular formula is C27H28ClFN4O7. The third kappa shape index (κ3) is 5.68. The Morgan fingerprint density at radius 1 is 1.20 bits per heavy atom. The van der Waals surface area contributed by atoms with E-state index in [0.717, 1.165) is 12.8 Å². The lowest BCUT2D eigenvalue weighted by molar-refractivity contribution is -0.142. The van der Waals surface area contributed by atoms with Gasteiger partial charge in [-0.05, 0) is 62.1 Å². The van der Waals surface area contributed by atoms with E-state index in [1.807, 2.05) is 0 Å². The van der Waals surface area contributed by atoms with Gasteiger partial charge in [0.15, 0.2) is 11.4 Å². The lowest BCUT2D eigenvalue weighted by Gasteiger charge is -2.45. The molecule has 3 heterocycles. The molecule has 3 aliphatic heterocycles. The highest BCUT2D eigenvalue weighted by Gasteiger charge is 2.49. The molecule has 13 heteroatoms. The lowest BCUT2D eigenvalue weighted by Crippen LogP contribution is -2.57. The van der Waals surface area contributed by atoms with Crippen LogP contribution in [0.2, 0.25) is 5.02 Å². The van der Waals surface area contributed by atoms with Gasteiger partial charge in [-0.25, -0.2) is 14.0 Å². The number of piperidine rings is 1. The SMILES string of the molecule is O=C(O)Nc1ccc(C(=O)NC(C[C@@H]2CCCO2)C(=O)N2CCC[C@@]3(C2)OC(=O)Nc2ccc(Cl)c(F)c23)cc1. The second-order valence-electron chi connectivity index (χ2n) is 10.1. The van der Waals surface area contributed by atoms with E-state index in [9.17, 15) is 19.2 Å². The molecule has 0 aliphatic carbocycles. The van der Waals surface area contributed by atoms with Crippen LogP contribution in [-0.2, 0) is 19.9 Å². The second-order valence-corrected chi connectivity index (χ2v) is 10.5. The highest BCUT2D eigenvalue weighted by atomic mass is 35.5. The Morgan fingerprint density at radius 3 is 2.67 bits per heavy atom. The van der Waals surface area contributed by atoms with Crippen molar-refractivity contribution >= 4 is 47.0 Å². The summed E-state index contributed by atoms with van der Waals surface area (Å²) in [6.45, 7) is 0.762. The van der Waals surface area contributed by atoms with E-state index in [1.54, 1.807) is 0 Å². The third-order valence-corrected chi connectivity index (χ3v) is 7.66. The minimum Gasteiger partial charge on any atom is -0.465 e. The Morgan fingerprint density at radius 2 is 1.98 bits per heavy atom. The van der Waals surface area contributed by atoms with Crippen LogP contribution in [-0.4, -0.2) is 65.8 Å². The normalized spacial score (nSPS) is 22.6. The second kappa shape index (κ2) is 11.3. The van der Waals surface area contributed by atoms with Crippen molar-refractivity contribution in [2.75, 3.05) is 30.3 Å². The van der Waals surface area contributed by atoms with Crippen LogP contribution in [0, 0.1) is 5.82 Å². The largest absolute Gasteiger partial charge is 0.465 e. The number of rotatable bonds is 6. The number of anilines is 2. The third-order valence-electron chi connectivity index (χ3n) is 7.37. The molecule has 11 nitrogen and oxygen atoms in total. The predicted molar refractivity (Wildman–Crippen MR) is 142 cm³/mol. The molecule has 0 radical (unpaired) electrons. The van der Waals surface area contributed by atoms with Gasteiger partial charge in [-0.15, -0.1) is 0 Å². The topological polar surface area (TPSA) is 146 Å². The summed E-state index contributed by atoms with van der Waals surface area (Å²) in [5, 5.41) is 16.2. The Hall–Kier alpha value is -3.90. The van der Waals surface area contributed by atoms with Gasteiger partial charge in [-0.2, -0.15) is 0 Å². The van der Waals surface area contributed by atoms with E-state index in [4.69, 9.17) is 26.2 Å². The number of hydrogen-bond acceptors (Lipinski definition) is 6. The Labute approximate surface area is 233 Å². The standard InChI is InChI=1S/C27H28ClFN4O7/c28-18-8-9-19-21(22(18)29)27(40-26(38)32-19)10-2-11-33(14-27)24(35)20(13-17-3-1-12-39-17)31-23(34)15-4-6-16(7-5-15)30-25(36)37/h4-9,17,20,30H,1-3,10-14H2,(H,31,34)(H,32,38)(H,36,37)/t17-,20?,27-/m0/s1. The maximum atomic E-state index is 15.3. The maximum Gasteiger partial charge on any atom is 0.412 e. The quantitative estimate of drug-likeness (QED) is 0.402. The first-order chi connectivity index (χ1) is 19.1. The Bertz CT molecular complexity index is 1330. The number of halogens is 2. The first-order valence-electron chi connectivity index (χ1n) is 12.9. The van der Waals surface area contributed by atoms with Crippen molar-refractivity contribution in [2.24, 2.45) is 0 Å². The van der Waals surface area contributed by atoms with E-state index in [0.29, 0.717) is 25.3 Å². The molecule has 3 atom stereocenters.